The molecule has 2 unspecified atom stereocenters. The zero-order valence-electron chi connectivity index (χ0n) is 36.6. The fourth-order valence-electron chi connectivity index (χ4n) is 11.0. The Morgan fingerprint density at radius 1 is 0.348 bits per heavy atom. The van der Waals surface area contributed by atoms with Gasteiger partial charge in [0, 0.05) is 65.8 Å². The van der Waals surface area contributed by atoms with Crippen LogP contribution in [0.25, 0.3) is 83.5 Å². The van der Waals surface area contributed by atoms with E-state index in [0.717, 1.165) is 44.4 Å². The number of H-pyrrole nitrogens is 1. The summed E-state index contributed by atoms with van der Waals surface area (Å²) in [5, 5.41) is 4.88. The Bertz CT molecular complexity index is 3780. The van der Waals surface area contributed by atoms with Crippen LogP contribution in [0.3, 0.4) is 0 Å². The van der Waals surface area contributed by atoms with Crippen molar-refractivity contribution in [1.82, 2.24) is 24.5 Å². The van der Waals surface area contributed by atoms with Crippen LogP contribution in [-0.2, 0) is 10.8 Å². The third-order valence-corrected chi connectivity index (χ3v) is 14.4. The Kier molecular flexibility index (Phi) is 8.40. The minimum atomic E-state index is -0.517. The van der Waals surface area contributed by atoms with Gasteiger partial charge in [0.15, 0.2) is 17.5 Å². The number of aromatic nitrogens is 5. The van der Waals surface area contributed by atoms with Gasteiger partial charge in [0.25, 0.3) is 0 Å². The van der Waals surface area contributed by atoms with Crippen molar-refractivity contribution in [1.29, 1.82) is 0 Å². The smallest absolute Gasteiger partial charge is 0.164 e. The maximum Gasteiger partial charge on any atom is 0.164 e. The quantitative estimate of drug-likeness (QED) is 0.181. The van der Waals surface area contributed by atoms with Crippen LogP contribution in [0.5, 0.6) is 0 Å². The molecule has 0 aliphatic heterocycles. The van der Waals surface area contributed by atoms with Crippen LogP contribution < -0.4 is 0 Å². The number of rotatable bonds is 6. The molecule has 312 valence electrons. The minimum absolute atomic E-state index is 0.491. The van der Waals surface area contributed by atoms with Gasteiger partial charge in [0.1, 0.15) is 0 Å². The number of nitrogens with zero attached hydrogens (tertiary/aromatic N) is 4. The predicted octanol–water partition coefficient (Wildman–Crippen LogP) is 14.6. The summed E-state index contributed by atoms with van der Waals surface area (Å²) >= 11 is 0. The van der Waals surface area contributed by atoms with Crippen LogP contribution in [0.15, 0.2) is 218 Å². The monoisotopic (exact) mass is 845 g/mol. The third-order valence-electron chi connectivity index (χ3n) is 14.4. The summed E-state index contributed by atoms with van der Waals surface area (Å²) in [6, 6.07) is 78.7. The molecule has 3 heterocycles. The van der Waals surface area contributed by atoms with E-state index >= 15 is 0 Å². The van der Waals surface area contributed by atoms with Crippen LogP contribution in [0, 0.1) is 0 Å². The number of hydrogen-bond acceptors (Lipinski definition) is 3. The van der Waals surface area contributed by atoms with E-state index in [-0.39, 0.29) is 0 Å². The molecule has 5 nitrogen and oxygen atoms in total. The Morgan fingerprint density at radius 2 is 0.818 bits per heavy atom. The molecule has 0 radical (unpaired) electrons. The van der Waals surface area contributed by atoms with E-state index in [9.17, 15) is 0 Å². The molecular formula is C61H43N5. The summed E-state index contributed by atoms with van der Waals surface area (Å²) in [4.78, 5) is 19.0. The van der Waals surface area contributed by atoms with Gasteiger partial charge in [-0.25, -0.2) is 15.0 Å². The van der Waals surface area contributed by atoms with E-state index < -0.39 is 10.8 Å². The van der Waals surface area contributed by atoms with Gasteiger partial charge in [-0.3, -0.25) is 0 Å². The van der Waals surface area contributed by atoms with E-state index in [2.05, 4.69) is 205 Å². The molecule has 13 rings (SSSR count). The second-order valence-electron chi connectivity index (χ2n) is 18.0. The van der Waals surface area contributed by atoms with Crippen molar-refractivity contribution in [3.63, 3.8) is 0 Å². The van der Waals surface area contributed by atoms with Crippen molar-refractivity contribution >= 4 is 43.6 Å². The van der Waals surface area contributed by atoms with Crippen molar-refractivity contribution in [2.75, 3.05) is 0 Å². The fourth-order valence-corrected chi connectivity index (χ4v) is 11.0. The number of para-hydroxylation sites is 2. The predicted molar refractivity (Wildman–Crippen MR) is 270 cm³/mol. The normalized spacial score (nSPS) is 16.8. The van der Waals surface area contributed by atoms with Crippen LogP contribution >= 0.6 is 0 Å². The zero-order valence-corrected chi connectivity index (χ0v) is 36.6. The molecule has 0 saturated carbocycles. The Morgan fingerprint density at radius 3 is 1.44 bits per heavy atom. The second-order valence-corrected chi connectivity index (χ2v) is 18.0. The van der Waals surface area contributed by atoms with Gasteiger partial charge in [0.05, 0.1) is 11.0 Å². The van der Waals surface area contributed by atoms with Gasteiger partial charge in [-0.2, -0.15) is 0 Å². The van der Waals surface area contributed by atoms with Crippen LogP contribution in [-0.4, -0.2) is 24.5 Å². The van der Waals surface area contributed by atoms with E-state index in [1.54, 1.807) is 0 Å². The maximum atomic E-state index is 5.13. The molecule has 3 aromatic heterocycles. The zero-order chi connectivity index (χ0) is 44.0. The summed E-state index contributed by atoms with van der Waals surface area (Å²) in [6.07, 6.45) is 0. The van der Waals surface area contributed by atoms with Crippen molar-refractivity contribution in [3.8, 4) is 39.9 Å². The largest absolute Gasteiger partial charge is 0.355 e. The highest BCUT2D eigenvalue weighted by Gasteiger charge is 2.49. The molecule has 0 spiro atoms. The molecule has 0 fully saturated rings. The lowest BCUT2D eigenvalue weighted by Gasteiger charge is -2.47. The topological polar surface area (TPSA) is 59.4 Å². The van der Waals surface area contributed by atoms with Crippen LogP contribution in [0.2, 0.25) is 0 Å². The second kappa shape index (κ2) is 14.6. The Labute approximate surface area is 382 Å². The maximum absolute atomic E-state index is 5.13. The molecule has 2 atom stereocenters. The van der Waals surface area contributed by atoms with Gasteiger partial charge in [-0.05, 0) is 95.8 Å². The number of hydrogen-bond donors (Lipinski definition) is 1. The highest BCUT2D eigenvalue weighted by molar-refractivity contribution is 6.11. The molecule has 9 aromatic carbocycles. The van der Waals surface area contributed by atoms with Gasteiger partial charge in [-0.1, -0.05) is 170 Å². The average Bonchev–Trinajstić information content (AvgIpc) is 3.93. The van der Waals surface area contributed by atoms with Crippen molar-refractivity contribution in [3.05, 3.63) is 252 Å². The first-order valence-corrected chi connectivity index (χ1v) is 22.7. The molecule has 0 bridgehead atoms. The Hall–Kier alpha value is -8.41. The van der Waals surface area contributed by atoms with E-state index in [1.807, 2.05) is 36.4 Å². The lowest BCUT2D eigenvalue weighted by Crippen LogP contribution is -2.41. The SMILES string of the molecule is CC1(c2ccccc2)c2cc3[nH]c4ccccc4c3cc2C(C)(c2ccccc2)c2cc3c(cc21)c1ccccc1n3-c1cccc(-c2nc(-c3ccccc3)nc(-c3ccccc3)n2)c1. The molecular weight excluding hydrogens is 803 g/mol. The van der Waals surface area contributed by atoms with Crippen molar-refractivity contribution < 1.29 is 0 Å². The standard InChI is InChI=1S/C61H43N5/c1-60(42-25-11-5-12-26-42)50-36-48-46-31-16-18-33-55(46)66(44-29-19-24-41(34-44)59-64-57(39-20-7-3-8-21-39)63-58(65-59)40-22-9-4-10-23-40)56(48)38-52(50)61(2,43-27-13-6-14-28-43)49-35-47-45-30-15-17-32-53(45)62-54(47)37-51(49)60/h3-38,62H,1-2H3. The molecule has 1 aliphatic rings. The number of benzene rings is 9. The summed E-state index contributed by atoms with van der Waals surface area (Å²) < 4.78 is 2.44. The number of nitrogens with one attached hydrogen (secondary N) is 1. The summed E-state index contributed by atoms with van der Waals surface area (Å²) in [6.45, 7) is 4.88. The average molecular weight is 846 g/mol. The highest BCUT2D eigenvalue weighted by Crippen LogP contribution is 2.57. The summed E-state index contributed by atoms with van der Waals surface area (Å²) in [5.41, 5.74) is 15.1. The lowest BCUT2D eigenvalue weighted by molar-refractivity contribution is 0.570. The molecule has 1 N–H and O–H groups in total. The van der Waals surface area contributed by atoms with Crippen molar-refractivity contribution in [2.24, 2.45) is 0 Å². The first-order valence-electron chi connectivity index (χ1n) is 22.7. The summed E-state index contributed by atoms with van der Waals surface area (Å²) in [5.74, 6) is 1.90. The molecule has 66 heavy (non-hydrogen) atoms. The number of aromatic amines is 1. The third kappa shape index (κ3) is 5.63. The van der Waals surface area contributed by atoms with Crippen molar-refractivity contribution in [2.45, 2.75) is 24.7 Å². The van der Waals surface area contributed by atoms with E-state index in [0.29, 0.717) is 17.5 Å². The van der Waals surface area contributed by atoms with Gasteiger partial charge in [-0.15, -0.1) is 0 Å². The first-order chi connectivity index (χ1) is 32.5. The minimum Gasteiger partial charge on any atom is -0.355 e. The van der Waals surface area contributed by atoms with Crippen LogP contribution in [0.1, 0.15) is 47.2 Å². The molecule has 0 amide bonds. The summed E-state index contributed by atoms with van der Waals surface area (Å²) in [7, 11) is 0. The molecule has 5 heteroatoms. The van der Waals surface area contributed by atoms with Gasteiger partial charge < -0.3 is 9.55 Å². The fraction of sp³-hybridized carbons (Fsp3) is 0.0656. The molecule has 12 aromatic rings. The van der Waals surface area contributed by atoms with Crippen LogP contribution in [0.4, 0.5) is 0 Å². The van der Waals surface area contributed by atoms with E-state index in [1.165, 1.54) is 54.9 Å². The van der Waals surface area contributed by atoms with Gasteiger partial charge in [0.2, 0.25) is 0 Å². The molecule has 1 aliphatic carbocycles. The number of fused-ring (bicyclic) bond motifs is 8. The first kappa shape index (κ1) is 38.1. The lowest BCUT2D eigenvalue weighted by atomic mass is 9.54. The van der Waals surface area contributed by atoms with E-state index in [4.69, 9.17) is 15.0 Å². The highest BCUT2D eigenvalue weighted by atomic mass is 15.0. The Balaban J connectivity index is 1.09. The molecule has 0 saturated heterocycles. The van der Waals surface area contributed by atoms with Gasteiger partial charge >= 0.3 is 0 Å².